The number of hydrogen-bond acceptors (Lipinski definition) is 5. The van der Waals surface area contributed by atoms with Gasteiger partial charge >= 0.3 is 0 Å². The minimum absolute atomic E-state index is 0.0147. The van der Waals surface area contributed by atoms with E-state index in [4.69, 9.17) is 4.74 Å². The number of nitrogens with one attached hydrogen (secondary N) is 1. The monoisotopic (exact) mass is 330 g/mol. The van der Waals surface area contributed by atoms with Crippen molar-refractivity contribution in [1.29, 1.82) is 0 Å². The predicted molar refractivity (Wildman–Crippen MR) is 84.1 cm³/mol. The SMILES string of the molecule is CC(C)(C)CCS(=O)(=O)NCCc1cn([C@H]2CCOC2)nn1. The van der Waals surface area contributed by atoms with Crippen LogP contribution in [0.5, 0.6) is 0 Å². The van der Waals surface area contributed by atoms with Gasteiger partial charge in [0, 0.05) is 25.8 Å². The first-order chi connectivity index (χ1) is 10.3. The molecular weight excluding hydrogens is 304 g/mol. The lowest BCUT2D eigenvalue weighted by Gasteiger charge is -2.17. The fourth-order valence-electron chi connectivity index (χ4n) is 2.18. The molecular formula is C14H26N4O3S. The summed E-state index contributed by atoms with van der Waals surface area (Å²) in [6.07, 6.45) is 4.01. The number of sulfonamides is 1. The van der Waals surface area contributed by atoms with E-state index < -0.39 is 10.0 Å². The molecule has 0 spiro atoms. The smallest absolute Gasteiger partial charge is 0.211 e. The van der Waals surface area contributed by atoms with Crippen LogP contribution in [0.3, 0.4) is 0 Å². The molecule has 0 saturated carbocycles. The molecule has 1 aromatic rings. The van der Waals surface area contributed by atoms with E-state index in [1.165, 1.54) is 0 Å². The second-order valence-corrected chi connectivity index (χ2v) is 8.91. The molecule has 7 nitrogen and oxygen atoms in total. The summed E-state index contributed by atoms with van der Waals surface area (Å²) in [5, 5.41) is 8.18. The van der Waals surface area contributed by atoms with Crippen LogP contribution in [-0.4, -0.2) is 48.9 Å². The molecule has 1 saturated heterocycles. The first kappa shape index (κ1) is 17.4. The normalized spacial score (nSPS) is 19.7. The maximum absolute atomic E-state index is 11.9. The van der Waals surface area contributed by atoms with E-state index in [2.05, 4.69) is 15.0 Å². The van der Waals surface area contributed by atoms with Crippen LogP contribution in [0.1, 0.15) is 45.3 Å². The standard InChI is InChI=1S/C14H26N4O3S/c1-14(2,3)6-9-22(19,20)15-7-4-12-10-18(17-16-12)13-5-8-21-11-13/h10,13,15H,4-9,11H2,1-3H3/t13-/m0/s1. The van der Waals surface area contributed by atoms with Crippen molar-refractivity contribution < 1.29 is 13.2 Å². The van der Waals surface area contributed by atoms with Crippen LogP contribution in [0.25, 0.3) is 0 Å². The molecule has 0 amide bonds. The molecule has 0 aromatic carbocycles. The molecule has 1 aromatic heterocycles. The third kappa shape index (κ3) is 5.66. The lowest BCUT2D eigenvalue weighted by atomic mass is 9.94. The molecule has 0 bridgehead atoms. The fraction of sp³-hybridized carbons (Fsp3) is 0.857. The lowest BCUT2D eigenvalue weighted by Crippen LogP contribution is -2.30. The Balaban J connectivity index is 1.76. The molecule has 1 atom stereocenters. The van der Waals surface area contributed by atoms with Crippen LogP contribution in [0.4, 0.5) is 0 Å². The fourth-order valence-corrected chi connectivity index (χ4v) is 3.62. The number of nitrogens with zero attached hydrogens (tertiary/aromatic N) is 3. The van der Waals surface area contributed by atoms with Gasteiger partial charge in [0.2, 0.25) is 10.0 Å². The average Bonchev–Trinajstić information content (AvgIpc) is 3.06. The van der Waals surface area contributed by atoms with Gasteiger partial charge in [-0.1, -0.05) is 26.0 Å². The van der Waals surface area contributed by atoms with Crippen molar-refractivity contribution in [1.82, 2.24) is 19.7 Å². The third-order valence-corrected chi connectivity index (χ3v) is 5.05. The largest absolute Gasteiger partial charge is 0.379 e. The van der Waals surface area contributed by atoms with Gasteiger partial charge in [0.05, 0.1) is 24.1 Å². The van der Waals surface area contributed by atoms with E-state index in [1.54, 1.807) is 0 Å². The molecule has 0 radical (unpaired) electrons. The minimum atomic E-state index is -3.22. The summed E-state index contributed by atoms with van der Waals surface area (Å²) in [7, 11) is -3.22. The average molecular weight is 330 g/mol. The van der Waals surface area contributed by atoms with Gasteiger partial charge in [-0.2, -0.15) is 0 Å². The van der Waals surface area contributed by atoms with Crippen molar-refractivity contribution in [2.75, 3.05) is 25.5 Å². The molecule has 22 heavy (non-hydrogen) atoms. The van der Waals surface area contributed by atoms with Gasteiger partial charge in [-0.3, -0.25) is 0 Å². The Morgan fingerprint density at radius 3 is 2.86 bits per heavy atom. The van der Waals surface area contributed by atoms with E-state index in [0.29, 0.717) is 26.0 Å². The Labute approximate surface area is 132 Å². The number of ether oxygens (including phenoxy) is 1. The zero-order valence-electron chi connectivity index (χ0n) is 13.6. The van der Waals surface area contributed by atoms with Crippen molar-refractivity contribution >= 4 is 10.0 Å². The molecule has 1 N–H and O–H groups in total. The van der Waals surface area contributed by atoms with E-state index in [1.807, 2.05) is 31.6 Å². The molecule has 2 rings (SSSR count). The first-order valence-corrected chi connectivity index (χ1v) is 9.36. The zero-order chi connectivity index (χ0) is 16.2. The first-order valence-electron chi connectivity index (χ1n) is 7.71. The van der Waals surface area contributed by atoms with E-state index in [9.17, 15) is 8.42 Å². The molecule has 126 valence electrons. The van der Waals surface area contributed by atoms with E-state index in [0.717, 1.165) is 18.7 Å². The van der Waals surface area contributed by atoms with Crippen LogP contribution in [0, 0.1) is 5.41 Å². The van der Waals surface area contributed by atoms with Gasteiger partial charge in [-0.25, -0.2) is 17.8 Å². The summed E-state index contributed by atoms with van der Waals surface area (Å²) in [5.74, 6) is 0.155. The number of hydrogen-bond donors (Lipinski definition) is 1. The van der Waals surface area contributed by atoms with Crippen molar-refractivity contribution in [3.63, 3.8) is 0 Å². The molecule has 1 fully saturated rings. The topological polar surface area (TPSA) is 86.1 Å². The van der Waals surface area contributed by atoms with Gasteiger partial charge in [-0.05, 0) is 18.3 Å². The molecule has 2 heterocycles. The maximum Gasteiger partial charge on any atom is 0.211 e. The summed E-state index contributed by atoms with van der Waals surface area (Å²) in [5.41, 5.74) is 0.811. The Hall–Kier alpha value is -0.990. The van der Waals surface area contributed by atoms with Crippen molar-refractivity contribution in [3.8, 4) is 0 Å². The molecule has 8 heteroatoms. The maximum atomic E-state index is 11.9. The van der Waals surface area contributed by atoms with Crippen LogP contribution in [-0.2, 0) is 21.2 Å². The highest BCUT2D eigenvalue weighted by molar-refractivity contribution is 7.89. The van der Waals surface area contributed by atoms with Gasteiger partial charge in [0.15, 0.2) is 0 Å². The van der Waals surface area contributed by atoms with Crippen molar-refractivity contribution in [3.05, 3.63) is 11.9 Å². The van der Waals surface area contributed by atoms with Crippen LogP contribution < -0.4 is 4.72 Å². The molecule has 1 aliphatic rings. The van der Waals surface area contributed by atoms with Crippen molar-refractivity contribution in [2.24, 2.45) is 5.41 Å². The zero-order valence-corrected chi connectivity index (χ0v) is 14.4. The number of aromatic nitrogens is 3. The Bertz CT molecular complexity index is 571. The Morgan fingerprint density at radius 1 is 1.45 bits per heavy atom. The highest BCUT2D eigenvalue weighted by Gasteiger charge is 2.19. The Morgan fingerprint density at radius 2 is 2.23 bits per heavy atom. The minimum Gasteiger partial charge on any atom is -0.379 e. The highest BCUT2D eigenvalue weighted by Crippen LogP contribution is 2.19. The predicted octanol–water partition coefficient (Wildman–Crippen LogP) is 1.14. The van der Waals surface area contributed by atoms with Crippen molar-refractivity contribution in [2.45, 2.75) is 46.1 Å². The van der Waals surface area contributed by atoms with Gasteiger partial charge < -0.3 is 4.74 Å². The van der Waals surface area contributed by atoms with E-state index in [-0.39, 0.29) is 17.2 Å². The lowest BCUT2D eigenvalue weighted by molar-refractivity contribution is 0.184. The summed E-state index contributed by atoms with van der Waals surface area (Å²) < 4.78 is 33.6. The summed E-state index contributed by atoms with van der Waals surface area (Å²) in [6, 6.07) is 0.254. The van der Waals surface area contributed by atoms with Gasteiger partial charge in [-0.15, -0.1) is 5.10 Å². The van der Waals surface area contributed by atoms with Crippen LogP contribution in [0.15, 0.2) is 6.20 Å². The summed E-state index contributed by atoms with van der Waals surface area (Å²) in [4.78, 5) is 0. The van der Waals surface area contributed by atoms with E-state index >= 15 is 0 Å². The second-order valence-electron chi connectivity index (χ2n) is 6.98. The summed E-state index contributed by atoms with van der Waals surface area (Å²) in [6.45, 7) is 7.89. The molecule has 0 unspecified atom stereocenters. The van der Waals surface area contributed by atoms with Gasteiger partial charge in [0.1, 0.15) is 0 Å². The van der Waals surface area contributed by atoms with Crippen LogP contribution >= 0.6 is 0 Å². The molecule has 1 aliphatic heterocycles. The highest BCUT2D eigenvalue weighted by atomic mass is 32.2. The third-order valence-electron chi connectivity index (χ3n) is 3.66. The molecule has 0 aliphatic carbocycles. The summed E-state index contributed by atoms with van der Waals surface area (Å²) >= 11 is 0. The van der Waals surface area contributed by atoms with Crippen LogP contribution in [0.2, 0.25) is 0 Å². The quantitative estimate of drug-likeness (QED) is 0.810. The second kappa shape index (κ2) is 7.06. The van der Waals surface area contributed by atoms with Gasteiger partial charge in [0.25, 0.3) is 0 Å². The number of rotatable bonds is 7. The Kier molecular flexibility index (Phi) is 5.57.